The van der Waals surface area contributed by atoms with Crippen molar-refractivity contribution in [1.29, 1.82) is 0 Å². The van der Waals surface area contributed by atoms with Crippen molar-refractivity contribution in [3.8, 4) is 17.1 Å². The third-order valence-electron chi connectivity index (χ3n) is 5.50. The molecule has 0 amide bonds. The van der Waals surface area contributed by atoms with Gasteiger partial charge in [0.15, 0.2) is 5.82 Å². The van der Waals surface area contributed by atoms with E-state index < -0.39 is 5.82 Å². The fourth-order valence-corrected chi connectivity index (χ4v) is 3.60. The Balaban J connectivity index is 2.03. The molecule has 1 atom stereocenters. The highest BCUT2D eigenvalue weighted by molar-refractivity contribution is 5.63. The normalized spacial score (nSPS) is 15.3. The lowest BCUT2D eigenvalue weighted by Crippen LogP contribution is -2.26. The summed E-state index contributed by atoms with van der Waals surface area (Å²) in [5.41, 5.74) is 2.76. The van der Waals surface area contributed by atoms with Gasteiger partial charge in [-0.1, -0.05) is 13.8 Å². The van der Waals surface area contributed by atoms with Gasteiger partial charge in [0.2, 0.25) is 0 Å². The Morgan fingerprint density at radius 2 is 2.07 bits per heavy atom. The van der Waals surface area contributed by atoms with Gasteiger partial charge >= 0.3 is 0 Å². The molecule has 27 heavy (non-hydrogen) atoms. The SMILES string of the molecule is CCC(C)c1cc(C)n2nc(-c3ccc(OC)cc3F)n(C3CC3)c(=O)c12. The van der Waals surface area contributed by atoms with E-state index in [1.54, 1.807) is 21.2 Å². The largest absolute Gasteiger partial charge is 0.497 e. The van der Waals surface area contributed by atoms with Gasteiger partial charge in [0.1, 0.15) is 17.1 Å². The number of hydrogen-bond acceptors (Lipinski definition) is 3. The van der Waals surface area contributed by atoms with Crippen LogP contribution in [0.4, 0.5) is 4.39 Å². The highest BCUT2D eigenvalue weighted by Gasteiger charge is 2.31. The number of aryl methyl sites for hydroxylation is 1. The Bertz CT molecular complexity index is 1080. The molecule has 5 nitrogen and oxygen atoms in total. The van der Waals surface area contributed by atoms with E-state index in [0.717, 1.165) is 30.5 Å². The molecule has 0 N–H and O–H groups in total. The number of rotatable bonds is 5. The van der Waals surface area contributed by atoms with Crippen molar-refractivity contribution in [2.45, 2.75) is 52.0 Å². The molecule has 3 aromatic rings. The lowest BCUT2D eigenvalue weighted by molar-refractivity contribution is 0.411. The van der Waals surface area contributed by atoms with E-state index in [4.69, 9.17) is 9.84 Å². The average molecular weight is 369 g/mol. The summed E-state index contributed by atoms with van der Waals surface area (Å²) in [5.74, 6) is 0.639. The van der Waals surface area contributed by atoms with Crippen molar-refractivity contribution < 1.29 is 9.13 Å². The van der Waals surface area contributed by atoms with Crippen molar-refractivity contribution in [3.05, 3.63) is 51.7 Å². The van der Waals surface area contributed by atoms with Crippen LogP contribution in [-0.4, -0.2) is 21.3 Å². The molecule has 6 heteroatoms. The summed E-state index contributed by atoms with van der Waals surface area (Å²) in [6.07, 6.45) is 2.78. The third-order valence-corrected chi connectivity index (χ3v) is 5.50. The smallest absolute Gasteiger partial charge is 0.278 e. The van der Waals surface area contributed by atoms with Crippen LogP contribution in [0.3, 0.4) is 0 Å². The molecule has 2 aromatic heterocycles. The first kappa shape index (κ1) is 17.8. The molecular formula is C21H24FN3O2. The first-order valence-electron chi connectivity index (χ1n) is 9.44. The van der Waals surface area contributed by atoms with Gasteiger partial charge in [-0.25, -0.2) is 8.91 Å². The second-order valence-corrected chi connectivity index (χ2v) is 7.39. The van der Waals surface area contributed by atoms with Gasteiger partial charge in [-0.15, -0.1) is 5.10 Å². The van der Waals surface area contributed by atoms with Crippen LogP contribution in [0.25, 0.3) is 16.9 Å². The van der Waals surface area contributed by atoms with Crippen LogP contribution >= 0.6 is 0 Å². The van der Waals surface area contributed by atoms with E-state index >= 15 is 0 Å². The maximum Gasteiger partial charge on any atom is 0.278 e. The van der Waals surface area contributed by atoms with Crippen molar-refractivity contribution in [1.82, 2.24) is 14.2 Å². The summed E-state index contributed by atoms with van der Waals surface area (Å²) in [4.78, 5) is 13.4. The number of hydrogen-bond donors (Lipinski definition) is 0. The van der Waals surface area contributed by atoms with E-state index in [0.29, 0.717) is 22.7 Å². The van der Waals surface area contributed by atoms with Crippen molar-refractivity contribution in [2.75, 3.05) is 7.11 Å². The van der Waals surface area contributed by atoms with Crippen LogP contribution in [0, 0.1) is 12.7 Å². The zero-order valence-electron chi connectivity index (χ0n) is 16.1. The number of fused-ring (bicyclic) bond motifs is 1. The first-order chi connectivity index (χ1) is 13.0. The summed E-state index contributed by atoms with van der Waals surface area (Å²) >= 11 is 0. The number of benzene rings is 1. The minimum absolute atomic E-state index is 0.0823. The maximum atomic E-state index is 14.8. The molecule has 1 aromatic carbocycles. The van der Waals surface area contributed by atoms with Gasteiger partial charge in [0.05, 0.1) is 12.7 Å². The van der Waals surface area contributed by atoms with Gasteiger partial charge in [-0.3, -0.25) is 9.36 Å². The van der Waals surface area contributed by atoms with Crippen molar-refractivity contribution in [2.24, 2.45) is 0 Å². The Hall–Kier alpha value is -2.63. The molecule has 4 rings (SSSR count). The minimum Gasteiger partial charge on any atom is -0.497 e. The standard InChI is InChI=1S/C21H24FN3O2/c1-5-12(2)17-10-13(3)25-19(17)21(26)24(14-6-7-14)20(23-25)16-9-8-15(27-4)11-18(16)22/h8-12,14H,5-7H2,1-4H3. The molecule has 1 fully saturated rings. The Kier molecular flexibility index (Phi) is 4.29. The number of nitrogens with zero attached hydrogens (tertiary/aromatic N) is 3. The quantitative estimate of drug-likeness (QED) is 0.667. The Labute approximate surface area is 157 Å². The van der Waals surface area contributed by atoms with Crippen LogP contribution in [0.5, 0.6) is 5.75 Å². The topological polar surface area (TPSA) is 48.5 Å². The highest BCUT2D eigenvalue weighted by Crippen LogP contribution is 2.38. The predicted octanol–water partition coefficient (Wildman–Crippen LogP) is 4.47. The fourth-order valence-electron chi connectivity index (χ4n) is 3.60. The first-order valence-corrected chi connectivity index (χ1v) is 9.44. The van der Waals surface area contributed by atoms with Gasteiger partial charge in [-0.05, 0) is 55.9 Å². The zero-order valence-corrected chi connectivity index (χ0v) is 16.1. The molecule has 142 valence electrons. The molecule has 1 saturated carbocycles. The summed E-state index contributed by atoms with van der Waals surface area (Å²) in [6, 6.07) is 6.78. The Morgan fingerprint density at radius 1 is 1.33 bits per heavy atom. The van der Waals surface area contributed by atoms with Gasteiger partial charge < -0.3 is 4.74 Å². The third kappa shape index (κ3) is 2.83. The molecule has 1 aliphatic carbocycles. The summed E-state index contributed by atoms with van der Waals surface area (Å²) in [5, 5.41) is 4.72. The number of aromatic nitrogens is 3. The van der Waals surface area contributed by atoms with E-state index in [-0.39, 0.29) is 17.5 Å². The maximum absolute atomic E-state index is 14.8. The zero-order chi connectivity index (χ0) is 19.3. The predicted molar refractivity (Wildman–Crippen MR) is 103 cm³/mol. The van der Waals surface area contributed by atoms with Gasteiger partial charge in [-0.2, -0.15) is 0 Å². The molecule has 0 bridgehead atoms. The summed E-state index contributed by atoms with van der Waals surface area (Å²) < 4.78 is 23.2. The lowest BCUT2D eigenvalue weighted by atomic mass is 10.00. The van der Waals surface area contributed by atoms with E-state index in [1.165, 1.54) is 13.2 Å². The van der Waals surface area contributed by atoms with Crippen LogP contribution < -0.4 is 10.3 Å². The van der Waals surface area contributed by atoms with Gasteiger partial charge in [0, 0.05) is 17.8 Å². The van der Waals surface area contributed by atoms with Crippen LogP contribution in [0.2, 0.25) is 0 Å². The highest BCUT2D eigenvalue weighted by atomic mass is 19.1. The molecule has 0 aliphatic heterocycles. The van der Waals surface area contributed by atoms with Crippen LogP contribution in [0.15, 0.2) is 29.1 Å². The minimum atomic E-state index is -0.443. The Morgan fingerprint density at radius 3 is 2.67 bits per heavy atom. The van der Waals surface area contributed by atoms with Crippen LogP contribution in [-0.2, 0) is 0 Å². The monoisotopic (exact) mass is 369 g/mol. The second-order valence-electron chi connectivity index (χ2n) is 7.39. The number of halogens is 1. The molecule has 1 unspecified atom stereocenters. The summed E-state index contributed by atoms with van der Waals surface area (Å²) in [7, 11) is 1.50. The second kappa shape index (κ2) is 6.51. The molecule has 1 aliphatic rings. The molecular weight excluding hydrogens is 345 g/mol. The fraction of sp³-hybridized carbons (Fsp3) is 0.429. The van der Waals surface area contributed by atoms with Crippen molar-refractivity contribution >= 4 is 5.52 Å². The van der Waals surface area contributed by atoms with E-state index in [9.17, 15) is 9.18 Å². The van der Waals surface area contributed by atoms with Crippen molar-refractivity contribution in [3.63, 3.8) is 0 Å². The van der Waals surface area contributed by atoms with Gasteiger partial charge in [0.25, 0.3) is 5.56 Å². The van der Waals surface area contributed by atoms with E-state index in [2.05, 4.69) is 13.8 Å². The van der Waals surface area contributed by atoms with Crippen LogP contribution in [0.1, 0.15) is 56.3 Å². The van der Waals surface area contributed by atoms with E-state index in [1.807, 2.05) is 13.0 Å². The molecule has 0 radical (unpaired) electrons. The summed E-state index contributed by atoms with van der Waals surface area (Å²) in [6.45, 7) is 6.16. The number of methoxy groups -OCH3 is 1. The molecule has 0 saturated heterocycles. The number of ether oxygens (including phenoxy) is 1. The lowest BCUT2D eigenvalue weighted by Gasteiger charge is -2.15. The molecule has 0 spiro atoms. The molecule has 2 heterocycles. The average Bonchev–Trinajstić information content (AvgIpc) is 3.44.